The van der Waals surface area contributed by atoms with Gasteiger partial charge in [-0.25, -0.2) is 14.6 Å². The number of rotatable bonds is 4. The van der Waals surface area contributed by atoms with Crippen molar-refractivity contribution in [2.45, 2.75) is 57.9 Å². The van der Waals surface area contributed by atoms with Gasteiger partial charge in [-0.05, 0) is 33.8 Å². The number of carbonyl (C=O) groups is 2. The van der Waals surface area contributed by atoms with E-state index in [-0.39, 0.29) is 23.9 Å². The van der Waals surface area contributed by atoms with E-state index in [1.807, 2.05) is 38.5 Å². The second kappa shape index (κ2) is 8.05. The Labute approximate surface area is 190 Å². The molecule has 1 aromatic heterocycles. The number of alkyl carbamates (subject to hydrolysis) is 1. The largest absolute Gasteiger partial charge is 0.444 e. The molecule has 33 heavy (non-hydrogen) atoms. The molecule has 1 N–H and O–H groups in total. The number of benzene rings is 1. The van der Waals surface area contributed by atoms with Gasteiger partial charge in [-0.15, -0.1) is 0 Å². The van der Waals surface area contributed by atoms with Crippen molar-refractivity contribution in [1.82, 2.24) is 19.8 Å². The molecule has 2 aromatic rings. The Hall–Kier alpha value is -3.63. The number of nitrogens with one attached hydrogen (secondary N) is 1. The summed E-state index contributed by atoms with van der Waals surface area (Å²) in [7, 11) is 0. The van der Waals surface area contributed by atoms with Gasteiger partial charge in [0.25, 0.3) is 5.69 Å². The molecule has 0 saturated carbocycles. The maximum atomic E-state index is 12.5. The number of aryl methyl sites for hydroxylation is 1. The van der Waals surface area contributed by atoms with E-state index in [9.17, 15) is 19.7 Å². The first-order valence-corrected chi connectivity index (χ1v) is 10.7. The highest BCUT2D eigenvalue weighted by Crippen LogP contribution is 2.44. The minimum absolute atomic E-state index is 0.0968. The molecule has 0 bridgehead atoms. The zero-order valence-electron chi connectivity index (χ0n) is 19.0. The van der Waals surface area contributed by atoms with Crippen molar-refractivity contribution in [3.05, 3.63) is 57.7 Å². The van der Waals surface area contributed by atoms with E-state index in [4.69, 9.17) is 9.47 Å². The fraction of sp³-hybridized carbons (Fsp3) is 0.500. The van der Waals surface area contributed by atoms with Crippen molar-refractivity contribution in [2.24, 2.45) is 0 Å². The number of aromatic nitrogens is 2. The highest BCUT2D eigenvalue weighted by molar-refractivity contribution is 5.70. The molecule has 1 saturated heterocycles. The monoisotopic (exact) mass is 457 g/mol. The first-order chi connectivity index (χ1) is 15.5. The summed E-state index contributed by atoms with van der Waals surface area (Å²) >= 11 is 0. The fourth-order valence-electron chi connectivity index (χ4n) is 4.40. The SMILES string of the molecule is Cc1ccc([N+](=O)[O-])c(COC(=O)NC2CC3(CN(C(=O)OC(C)(C)C)C3)n3ccnc32)c1. The molecule has 11 heteroatoms. The molecule has 4 rings (SSSR count). The Kier molecular flexibility index (Phi) is 5.51. The molecule has 0 aliphatic carbocycles. The van der Waals surface area contributed by atoms with Gasteiger partial charge >= 0.3 is 12.2 Å². The van der Waals surface area contributed by atoms with Gasteiger partial charge in [-0.3, -0.25) is 10.1 Å². The number of ether oxygens (including phenoxy) is 2. The minimum atomic E-state index is -0.689. The van der Waals surface area contributed by atoms with Crippen LogP contribution >= 0.6 is 0 Å². The number of nitro benzene ring substituents is 1. The van der Waals surface area contributed by atoms with Crippen LogP contribution in [0.4, 0.5) is 15.3 Å². The lowest BCUT2D eigenvalue weighted by Crippen LogP contribution is -2.63. The lowest BCUT2D eigenvalue weighted by Gasteiger charge is -2.48. The Morgan fingerprint density at radius 2 is 2.06 bits per heavy atom. The number of fused-ring (bicyclic) bond motifs is 2. The minimum Gasteiger partial charge on any atom is -0.444 e. The Bertz CT molecular complexity index is 1100. The maximum absolute atomic E-state index is 12.5. The van der Waals surface area contributed by atoms with Crippen molar-refractivity contribution in [3.63, 3.8) is 0 Å². The van der Waals surface area contributed by atoms with Crippen molar-refractivity contribution in [1.29, 1.82) is 0 Å². The zero-order chi connectivity index (χ0) is 24.0. The molecule has 176 valence electrons. The van der Waals surface area contributed by atoms with Gasteiger partial charge in [-0.1, -0.05) is 11.6 Å². The summed E-state index contributed by atoms with van der Waals surface area (Å²) in [5.74, 6) is 0.678. The molecule has 2 amide bonds. The smallest absolute Gasteiger partial charge is 0.410 e. The van der Waals surface area contributed by atoms with Crippen molar-refractivity contribution < 1.29 is 24.0 Å². The number of likely N-dealkylation sites (tertiary alicyclic amines) is 1. The molecule has 11 nitrogen and oxygen atoms in total. The number of imidazole rings is 1. The Balaban J connectivity index is 1.38. The standard InChI is InChI=1S/C22H27N5O6/c1-14-5-6-17(27(30)31)15(9-14)11-32-19(28)24-16-10-22(26-8-7-23-18(16)26)12-25(13-22)20(29)33-21(2,3)4/h5-9,16H,10-13H2,1-4H3,(H,24,28). The second-order valence-corrected chi connectivity index (χ2v) is 9.58. The molecule has 1 aromatic carbocycles. The predicted octanol–water partition coefficient (Wildman–Crippen LogP) is 3.42. The van der Waals surface area contributed by atoms with E-state index in [0.717, 1.165) is 5.56 Å². The number of nitro groups is 1. The van der Waals surface area contributed by atoms with Crippen LogP contribution in [0.15, 0.2) is 30.6 Å². The summed E-state index contributed by atoms with van der Waals surface area (Å²) in [4.78, 5) is 41.6. The Morgan fingerprint density at radius 1 is 1.33 bits per heavy atom. The maximum Gasteiger partial charge on any atom is 0.410 e. The Morgan fingerprint density at radius 3 is 2.73 bits per heavy atom. The number of nitrogens with zero attached hydrogens (tertiary/aromatic N) is 4. The van der Waals surface area contributed by atoms with Gasteiger partial charge in [-0.2, -0.15) is 0 Å². The van der Waals surface area contributed by atoms with E-state index in [1.165, 1.54) is 6.07 Å². The molecular weight excluding hydrogens is 430 g/mol. The van der Waals surface area contributed by atoms with Crippen LogP contribution in [0.1, 0.15) is 50.2 Å². The van der Waals surface area contributed by atoms with E-state index >= 15 is 0 Å². The lowest BCUT2D eigenvalue weighted by molar-refractivity contribution is -0.385. The summed E-state index contributed by atoms with van der Waals surface area (Å²) < 4.78 is 12.7. The summed E-state index contributed by atoms with van der Waals surface area (Å²) in [5.41, 5.74) is 0.122. The van der Waals surface area contributed by atoms with E-state index in [0.29, 0.717) is 30.9 Å². The van der Waals surface area contributed by atoms with Gasteiger partial charge < -0.3 is 24.3 Å². The summed E-state index contributed by atoms with van der Waals surface area (Å²) in [6.07, 6.45) is 2.99. The molecular formula is C22H27N5O6. The van der Waals surface area contributed by atoms with Crippen LogP contribution in [0, 0.1) is 17.0 Å². The summed E-state index contributed by atoms with van der Waals surface area (Å²) in [6.45, 7) is 7.96. The fourth-order valence-corrected chi connectivity index (χ4v) is 4.40. The van der Waals surface area contributed by atoms with Crippen molar-refractivity contribution in [3.8, 4) is 0 Å². The van der Waals surface area contributed by atoms with Crippen molar-refractivity contribution in [2.75, 3.05) is 13.1 Å². The predicted molar refractivity (Wildman–Crippen MR) is 117 cm³/mol. The van der Waals surface area contributed by atoms with Crippen LogP contribution in [-0.4, -0.2) is 50.3 Å². The van der Waals surface area contributed by atoms with E-state index in [2.05, 4.69) is 10.3 Å². The normalized spacial score (nSPS) is 18.4. The van der Waals surface area contributed by atoms with Crippen LogP contribution in [0.2, 0.25) is 0 Å². The zero-order valence-corrected chi connectivity index (χ0v) is 19.0. The van der Waals surface area contributed by atoms with Crippen LogP contribution in [0.5, 0.6) is 0 Å². The summed E-state index contributed by atoms with van der Waals surface area (Å²) in [5, 5.41) is 14.0. The molecule has 1 fully saturated rings. The number of hydrogen-bond acceptors (Lipinski definition) is 7. The van der Waals surface area contributed by atoms with Crippen molar-refractivity contribution >= 4 is 17.9 Å². The average molecular weight is 457 g/mol. The van der Waals surface area contributed by atoms with E-state index in [1.54, 1.807) is 23.2 Å². The third-order valence-electron chi connectivity index (χ3n) is 5.78. The molecule has 1 spiro atoms. The van der Waals surface area contributed by atoms with Gasteiger partial charge in [0.05, 0.1) is 22.1 Å². The molecule has 3 heterocycles. The molecule has 1 unspecified atom stereocenters. The molecule has 0 radical (unpaired) electrons. The number of hydrogen-bond donors (Lipinski definition) is 1. The number of amides is 2. The molecule has 2 aliphatic rings. The first kappa shape index (κ1) is 22.6. The van der Waals surface area contributed by atoms with Crippen LogP contribution in [-0.2, 0) is 21.6 Å². The lowest BCUT2D eigenvalue weighted by atomic mass is 9.86. The average Bonchev–Trinajstić information content (AvgIpc) is 3.26. The molecule has 1 atom stereocenters. The van der Waals surface area contributed by atoms with Gasteiger partial charge in [0.2, 0.25) is 0 Å². The second-order valence-electron chi connectivity index (χ2n) is 9.58. The van der Waals surface area contributed by atoms with Crippen LogP contribution in [0.25, 0.3) is 0 Å². The third-order valence-corrected chi connectivity index (χ3v) is 5.78. The first-order valence-electron chi connectivity index (χ1n) is 10.7. The van der Waals surface area contributed by atoms with Gasteiger partial charge in [0, 0.05) is 38.0 Å². The third kappa shape index (κ3) is 4.48. The van der Waals surface area contributed by atoms with Crippen LogP contribution in [0.3, 0.4) is 0 Å². The topological polar surface area (TPSA) is 129 Å². The number of carbonyl (C=O) groups excluding carboxylic acids is 2. The highest BCUT2D eigenvalue weighted by Gasteiger charge is 2.54. The summed E-state index contributed by atoms with van der Waals surface area (Å²) in [6, 6.07) is 4.26. The van der Waals surface area contributed by atoms with E-state index < -0.39 is 22.7 Å². The quantitative estimate of drug-likeness (QED) is 0.550. The van der Waals surface area contributed by atoms with Gasteiger partial charge in [0.15, 0.2) is 0 Å². The highest BCUT2D eigenvalue weighted by atomic mass is 16.6. The van der Waals surface area contributed by atoms with Gasteiger partial charge in [0.1, 0.15) is 18.0 Å². The van der Waals surface area contributed by atoms with Crippen LogP contribution < -0.4 is 5.32 Å². The molecule has 2 aliphatic heterocycles.